The molecule has 1 saturated heterocycles. The first kappa shape index (κ1) is 19.2. The number of ether oxygens (including phenoxy) is 2. The minimum Gasteiger partial charge on any atom is -0.347 e. The fourth-order valence-corrected chi connectivity index (χ4v) is 4.48. The highest BCUT2D eigenvalue weighted by Crippen LogP contribution is 2.31. The molecule has 1 fully saturated rings. The Balaban J connectivity index is 1.94. The van der Waals surface area contributed by atoms with Crippen LogP contribution in [0.15, 0.2) is 47.9 Å². The van der Waals surface area contributed by atoms with Crippen LogP contribution in [0, 0.1) is 0 Å². The van der Waals surface area contributed by atoms with Gasteiger partial charge in [0.15, 0.2) is 15.6 Å². The maximum atomic E-state index is 12.4. The highest BCUT2D eigenvalue weighted by molar-refractivity contribution is 7.91. The zero-order valence-electron chi connectivity index (χ0n) is 14.6. The van der Waals surface area contributed by atoms with Gasteiger partial charge in [-0.1, -0.05) is 24.3 Å². The third-order valence-corrected chi connectivity index (χ3v) is 5.94. The summed E-state index contributed by atoms with van der Waals surface area (Å²) in [6.07, 6.45) is 6.09. The Morgan fingerprint density at radius 3 is 2.42 bits per heavy atom. The first-order valence-electron chi connectivity index (χ1n) is 8.57. The maximum absolute atomic E-state index is 12.4. The van der Waals surface area contributed by atoms with Gasteiger partial charge in [0, 0.05) is 6.42 Å². The summed E-state index contributed by atoms with van der Waals surface area (Å²) in [6.45, 7) is 7.53. The van der Waals surface area contributed by atoms with Gasteiger partial charge in [0.25, 0.3) is 0 Å². The number of hydrogen-bond donors (Lipinski definition) is 0. The third-order valence-electron chi connectivity index (χ3n) is 4.17. The van der Waals surface area contributed by atoms with Crippen molar-refractivity contribution >= 4 is 9.84 Å². The van der Waals surface area contributed by atoms with Crippen LogP contribution in [0.2, 0.25) is 0 Å². The summed E-state index contributed by atoms with van der Waals surface area (Å²) < 4.78 is 36.8. The molecule has 0 bridgehead atoms. The molecule has 0 unspecified atom stereocenters. The SMILES string of the molecule is C=CCCC[C@H]1C[C@H](CCS(=O)(=O)c2ccccc2)OC(C)(C)O1. The average Bonchev–Trinajstić information content (AvgIpc) is 2.53. The van der Waals surface area contributed by atoms with E-state index in [-0.39, 0.29) is 18.0 Å². The molecule has 0 saturated carbocycles. The van der Waals surface area contributed by atoms with Crippen LogP contribution in [-0.2, 0) is 19.3 Å². The molecule has 2 rings (SSSR count). The predicted molar refractivity (Wildman–Crippen MR) is 95.6 cm³/mol. The smallest absolute Gasteiger partial charge is 0.178 e. The van der Waals surface area contributed by atoms with Crippen LogP contribution in [0.4, 0.5) is 0 Å². The fourth-order valence-electron chi connectivity index (χ4n) is 3.10. The van der Waals surface area contributed by atoms with E-state index in [2.05, 4.69) is 6.58 Å². The van der Waals surface area contributed by atoms with Crippen molar-refractivity contribution in [3.8, 4) is 0 Å². The number of allylic oxidation sites excluding steroid dienone is 1. The largest absolute Gasteiger partial charge is 0.347 e. The summed E-state index contributed by atoms with van der Waals surface area (Å²) in [7, 11) is -3.27. The van der Waals surface area contributed by atoms with Gasteiger partial charge < -0.3 is 9.47 Å². The van der Waals surface area contributed by atoms with Crippen LogP contribution in [-0.4, -0.2) is 32.2 Å². The lowest BCUT2D eigenvalue weighted by Gasteiger charge is -2.41. The van der Waals surface area contributed by atoms with Gasteiger partial charge in [-0.3, -0.25) is 0 Å². The van der Waals surface area contributed by atoms with Crippen molar-refractivity contribution in [2.45, 2.75) is 68.8 Å². The monoisotopic (exact) mass is 352 g/mol. The molecule has 1 aromatic carbocycles. The lowest BCUT2D eigenvalue weighted by atomic mass is 10.0. The van der Waals surface area contributed by atoms with Gasteiger partial charge in [-0.05, 0) is 51.7 Å². The van der Waals surface area contributed by atoms with E-state index in [0.717, 1.165) is 25.7 Å². The minimum absolute atomic E-state index is 0.0944. The zero-order valence-corrected chi connectivity index (χ0v) is 15.4. The first-order valence-corrected chi connectivity index (χ1v) is 10.2. The summed E-state index contributed by atoms with van der Waals surface area (Å²) >= 11 is 0. The highest BCUT2D eigenvalue weighted by Gasteiger charge is 2.35. The maximum Gasteiger partial charge on any atom is 0.178 e. The zero-order chi connectivity index (χ0) is 17.6. The van der Waals surface area contributed by atoms with E-state index >= 15 is 0 Å². The van der Waals surface area contributed by atoms with Crippen molar-refractivity contribution in [2.24, 2.45) is 0 Å². The Kier molecular flexibility index (Phi) is 6.61. The van der Waals surface area contributed by atoms with Gasteiger partial charge in [0.1, 0.15) is 0 Å². The minimum atomic E-state index is -3.27. The van der Waals surface area contributed by atoms with Crippen molar-refractivity contribution in [2.75, 3.05) is 5.75 Å². The van der Waals surface area contributed by atoms with E-state index in [9.17, 15) is 8.42 Å². The summed E-state index contributed by atoms with van der Waals surface area (Å²) in [6, 6.07) is 8.59. The quantitative estimate of drug-likeness (QED) is 0.522. The Morgan fingerprint density at radius 2 is 1.79 bits per heavy atom. The van der Waals surface area contributed by atoms with Crippen molar-refractivity contribution in [3.63, 3.8) is 0 Å². The summed E-state index contributed by atoms with van der Waals surface area (Å²) in [5.41, 5.74) is 0. The van der Waals surface area contributed by atoms with Crippen LogP contribution in [0.1, 0.15) is 46.0 Å². The molecule has 0 radical (unpaired) electrons. The Labute approximate surface area is 145 Å². The molecule has 1 heterocycles. The van der Waals surface area contributed by atoms with Gasteiger partial charge in [-0.2, -0.15) is 0 Å². The van der Waals surface area contributed by atoms with Crippen LogP contribution >= 0.6 is 0 Å². The molecule has 24 heavy (non-hydrogen) atoms. The van der Waals surface area contributed by atoms with Gasteiger partial charge in [-0.15, -0.1) is 6.58 Å². The number of rotatable bonds is 8. The van der Waals surface area contributed by atoms with E-state index in [4.69, 9.17) is 9.47 Å². The molecule has 4 nitrogen and oxygen atoms in total. The molecule has 1 aliphatic rings. The van der Waals surface area contributed by atoms with Crippen LogP contribution in [0.3, 0.4) is 0 Å². The second-order valence-electron chi connectivity index (χ2n) is 6.76. The molecule has 1 aliphatic heterocycles. The molecule has 0 aromatic heterocycles. The van der Waals surface area contributed by atoms with Gasteiger partial charge in [0.2, 0.25) is 0 Å². The summed E-state index contributed by atoms with van der Waals surface area (Å²) in [5.74, 6) is -0.574. The number of hydrogen-bond acceptors (Lipinski definition) is 4. The number of benzene rings is 1. The summed E-state index contributed by atoms with van der Waals surface area (Å²) in [4.78, 5) is 0.374. The first-order chi connectivity index (χ1) is 11.3. The van der Waals surface area contributed by atoms with Crippen LogP contribution < -0.4 is 0 Å². The molecule has 1 aromatic rings. The molecule has 0 amide bonds. The van der Waals surface area contributed by atoms with Gasteiger partial charge in [-0.25, -0.2) is 8.42 Å². The Morgan fingerprint density at radius 1 is 1.17 bits per heavy atom. The normalized spacial score (nSPS) is 23.8. The van der Waals surface area contributed by atoms with Gasteiger partial charge >= 0.3 is 0 Å². The Hall–Kier alpha value is -1.17. The van der Waals surface area contributed by atoms with E-state index in [1.807, 2.05) is 26.0 Å². The van der Waals surface area contributed by atoms with E-state index in [1.54, 1.807) is 24.3 Å². The lowest BCUT2D eigenvalue weighted by molar-refractivity contribution is -0.300. The Bertz CT molecular complexity index is 622. The third kappa shape index (κ3) is 5.72. The molecule has 2 atom stereocenters. The van der Waals surface area contributed by atoms with E-state index in [1.165, 1.54) is 0 Å². The van der Waals surface area contributed by atoms with Gasteiger partial charge in [0.05, 0.1) is 22.9 Å². The molecule has 5 heteroatoms. The molecule has 134 valence electrons. The fraction of sp³-hybridized carbons (Fsp3) is 0.579. The molecular formula is C19H28O4S. The van der Waals surface area contributed by atoms with Crippen molar-refractivity contribution in [3.05, 3.63) is 43.0 Å². The highest BCUT2D eigenvalue weighted by atomic mass is 32.2. The number of unbranched alkanes of at least 4 members (excludes halogenated alkanes) is 1. The van der Waals surface area contributed by atoms with Crippen LogP contribution in [0.25, 0.3) is 0 Å². The number of sulfone groups is 1. The standard InChI is InChI=1S/C19H28O4S/c1-4-5-7-10-16-15-17(23-19(2,3)22-16)13-14-24(20,21)18-11-8-6-9-12-18/h4,6,8-9,11-12,16-17H,1,5,7,10,13-15H2,2-3H3/t16-,17-/m0/s1. The molecule has 0 N–H and O–H groups in total. The predicted octanol–water partition coefficient (Wildman–Crippen LogP) is 4.12. The average molecular weight is 352 g/mol. The van der Waals surface area contributed by atoms with Crippen molar-refractivity contribution in [1.29, 1.82) is 0 Å². The second-order valence-corrected chi connectivity index (χ2v) is 8.86. The van der Waals surface area contributed by atoms with Crippen molar-refractivity contribution < 1.29 is 17.9 Å². The molecule has 0 aliphatic carbocycles. The second kappa shape index (κ2) is 8.28. The topological polar surface area (TPSA) is 52.6 Å². The molecular weight excluding hydrogens is 324 g/mol. The van der Waals surface area contributed by atoms with Crippen LogP contribution in [0.5, 0.6) is 0 Å². The van der Waals surface area contributed by atoms with E-state index < -0.39 is 15.6 Å². The molecule has 0 spiro atoms. The van der Waals surface area contributed by atoms with E-state index in [0.29, 0.717) is 11.3 Å². The lowest BCUT2D eigenvalue weighted by Crippen LogP contribution is -2.45. The summed E-state index contributed by atoms with van der Waals surface area (Å²) in [5, 5.41) is 0. The van der Waals surface area contributed by atoms with Crippen molar-refractivity contribution in [1.82, 2.24) is 0 Å².